The third kappa shape index (κ3) is 6.27. The molecule has 1 amide bonds. The van der Waals surface area contributed by atoms with Crippen LogP contribution in [0.2, 0.25) is 10.0 Å². The van der Waals surface area contributed by atoms with Crippen LogP contribution in [-0.4, -0.2) is 54.1 Å². The van der Waals surface area contributed by atoms with Crippen molar-refractivity contribution in [2.24, 2.45) is 5.92 Å². The van der Waals surface area contributed by atoms with Crippen molar-refractivity contribution in [1.29, 1.82) is 0 Å². The van der Waals surface area contributed by atoms with Gasteiger partial charge in [-0.2, -0.15) is 0 Å². The van der Waals surface area contributed by atoms with Crippen LogP contribution >= 0.6 is 34.0 Å². The molecule has 1 aromatic heterocycles. The van der Waals surface area contributed by atoms with Crippen molar-refractivity contribution in [1.82, 2.24) is 14.2 Å². The van der Waals surface area contributed by atoms with E-state index in [0.717, 1.165) is 11.1 Å². The number of aromatic nitrogens is 1. The Kier molecular flexibility index (Phi) is 8.95. The summed E-state index contributed by atoms with van der Waals surface area (Å²) in [5.74, 6) is -0.136. The molecule has 4 atom stereocenters. The van der Waals surface area contributed by atoms with Gasteiger partial charge < -0.3 is 9.88 Å². The van der Waals surface area contributed by atoms with Gasteiger partial charge in [-0.25, -0.2) is 4.31 Å². The van der Waals surface area contributed by atoms with Gasteiger partial charge in [-0.05, 0) is 67.1 Å². The quantitative estimate of drug-likeness (QED) is 0.265. The van der Waals surface area contributed by atoms with Crippen LogP contribution in [0.15, 0.2) is 71.5 Å². The van der Waals surface area contributed by atoms with Crippen LogP contribution in [0, 0.1) is 5.92 Å². The fourth-order valence-electron chi connectivity index (χ4n) is 6.21. The Labute approximate surface area is 246 Å². The molecule has 0 aliphatic carbocycles. The molecular formula is C30H35Cl2N3O4S. The number of hydrogen-bond donors (Lipinski definition) is 3. The number of H-pyrrole nitrogens is 1. The maximum Gasteiger partial charge on any atom is 0.248 e. The number of carbonyl (C=O) groups is 1. The fraction of sp³-hybridized carbons (Fsp3) is 0.400. The fourth-order valence-corrected chi connectivity index (χ4v) is 8.14. The molecule has 3 heterocycles. The Morgan fingerprint density at radius 3 is 2.40 bits per heavy atom. The lowest BCUT2D eigenvalue weighted by Crippen LogP contribution is -2.54. The van der Waals surface area contributed by atoms with Crippen molar-refractivity contribution in [2.75, 3.05) is 18.8 Å². The summed E-state index contributed by atoms with van der Waals surface area (Å²) in [7, 11) is -2.85. The molecular weight excluding hydrogens is 569 g/mol. The number of rotatable bonds is 8. The van der Waals surface area contributed by atoms with Gasteiger partial charge >= 0.3 is 0 Å². The highest BCUT2D eigenvalue weighted by molar-refractivity contribution is 8.22. The van der Waals surface area contributed by atoms with Gasteiger partial charge in [0, 0.05) is 52.8 Å². The van der Waals surface area contributed by atoms with E-state index >= 15 is 0 Å². The first-order chi connectivity index (χ1) is 19.2. The Morgan fingerprint density at radius 2 is 1.75 bits per heavy atom. The molecule has 2 aromatic carbocycles. The van der Waals surface area contributed by atoms with E-state index < -0.39 is 16.7 Å². The van der Waals surface area contributed by atoms with Gasteiger partial charge in [0.1, 0.15) is 0 Å². The third-order valence-corrected chi connectivity index (χ3v) is 10.6. The van der Waals surface area contributed by atoms with Crippen LogP contribution in [0.5, 0.6) is 0 Å². The SMILES string of the molecule is CC[C@@H](CN1CCCS1(O)O)N1C(=O)[C@H](Cc2cccc(=O)[nH]2)C[C@H](c2cccc(Cl)c2)[C@H]1c1ccc(Cl)cc1. The van der Waals surface area contributed by atoms with Crippen LogP contribution < -0.4 is 5.56 Å². The standard InChI is InChI=1S/C30H35Cl2N3O4S/c1-2-26(19-34-14-5-15-40(34,38)39)35-29(20-10-12-23(31)13-11-20)27(21-6-3-7-24(32)16-21)18-22(30(35)37)17-25-8-4-9-28(36)33-25/h3-4,6-13,16,22,26-27,29,38-39H,2,5,14-15,17-19H2,1H3,(H,33,36)/t22-,26+,27-,29-/m1/s1. The van der Waals surface area contributed by atoms with Crippen LogP contribution in [0.1, 0.15) is 55.0 Å². The molecule has 2 fully saturated rings. The Morgan fingerprint density at radius 1 is 1.00 bits per heavy atom. The second-order valence-electron chi connectivity index (χ2n) is 10.7. The molecule has 0 spiro atoms. The minimum Gasteiger partial charge on any atom is -0.330 e. The van der Waals surface area contributed by atoms with Crippen molar-refractivity contribution in [3.8, 4) is 0 Å². The van der Waals surface area contributed by atoms with Gasteiger partial charge in [-0.15, -0.1) is 10.8 Å². The van der Waals surface area contributed by atoms with Crippen LogP contribution in [0.3, 0.4) is 0 Å². The molecule has 3 N–H and O–H groups in total. The molecule has 10 heteroatoms. The second-order valence-corrected chi connectivity index (χ2v) is 13.8. The minimum atomic E-state index is -2.85. The molecule has 0 unspecified atom stereocenters. The first kappa shape index (κ1) is 29.2. The number of halogens is 2. The average Bonchev–Trinajstić information content (AvgIpc) is 3.26. The van der Waals surface area contributed by atoms with Crippen molar-refractivity contribution >= 4 is 39.9 Å². The first-order valence-electron chi connectivity index (χ1n) is 13.7. The summed E-state index contributed by atoms with van der Waals surface area (Å²) in [6, 6.07) is 19.8. The van der Waals surface area contributed by atoms with E-state index in [9.17, 15) is 18.7 Å². The van der Waals surface area contributed by atoms with E-state index in [1.54, 1.807) is 10.4 Å². The summed E-state index contributed by atoms with van der Waals surface area (Å²) in [6.07, 6.45) is 2.31. The summed E-state index contributed by atoms with van der Waals surface area (Å²) < 4.78 is 23.2. The van der Waals surface area contributed by atoms with Gasteiger partial charge in [-0.3, -0.25) is 18.7 Å². The highest BCUT2D eigenvalue weighted by Crippen LogP contribution is 2.51. The van der Waals surface area contributed by atoms with Crippen molar-refractivity contribution < 1.29 is 13.9 Å². The lowest BCUT2D eigenvalue weighted by molar-refractivity contribution is -0.147. The van der Waals surface area contributed by atoms with Crippen molar-refractivity contribution in [3.63, 3.8) is 0 Å². The topological polar surface area (TPSA) is 96.9 Å². The maximum absolute atomic E-state index is 14.5. The Bertz CT molecular complexity index is 1400. The first-order valence-corrected chi connectivity index (χ1v) is 16.1. The van der Waals surface area contributed by atoms with Crippen LogP contribution in [0.4, 0.5) is 0 Å². The maximum atomic E-state index is 14.5. The number of benzene rings is 2. The number of amides is 1. The van der Waals surface area contributed by atoms with E-state index in [2.05, 4.69) is 4.98 Å². The predicted octanol–water partition coefficient (Wildman–Crippen LogP) is 6.75. The van der Waals surface area contributed by atoms with E-state index in [1.807, 2.05) is 66.4 Å². The van der Waals surface area contributed by atoms with Crippen molar-refractivity contribution in [2.45, 2.75) is 50.6 Å². The van der Waals surface area contributed by atoms with Gasteiger partial charge in [-0.1, -0.05) is 60.5 Å². The number of piperidine rings is 1. The van der Waals surface area contributed by atoms with Gasteiger partial charge in [0.05, 0.1) is 11.8 Å². The van der Waals surface area contributed by atoms with Crippen molar-refractivity contribution in [3.05, 3.63) is 104 Å². The molecule has 0 radical (unpaired) electrons. The van der Waals surface area contributed by atoms with Gasteiger partial charge in [0.15, 0.2) is 0 Å². The molecule has 2 aliphatic heterocycles. The monoisotopic (exact) mass is 603 g/mol. The average molecular weight is 605 g/mol. The smallest absolute Gasteiger partial charge is 0.248 e. The summed E-state index contributed by atoms with van der Waals surface area (Å²) >= 11 is 12.7. The highest BCUT2D eigenvalue weighted by Gasteiger charge is 2.46. The summed E-state index contributed by atoms with van der Waals surface area (Å²) in [4.78, 5) is 31.4. The normalized spacial score (nSPS) is 24.7. The number of carbonyl (C=O) groups excluding carboxylic acids is 1. The summed E-state index contributed by atoms with van der Waals surface area (Å²) in [6.45, 7) is 2.98. The minimum absolute atomic E-state index is 0.00884. The molecule has 40 heavy (non-hydrogen) atoms. The lowest BCUT2D eigenvalue weighted by atomic mass is 9.74. The predicted molar refractivity (Wildman–Crippen MR) is 162 cm³/mol. The molecule has 214 valence electrons. The lowest BCUT2D eigenvalue weighted by Gasteiger charge is -2.50. The third-order valence-electron chi connectivity index (χ3n) is 8.12. The molecule has 5 rings (SSSR count). The second kappa shape index (κ2) is 12.3. The zero-order valence-electron chi connectivity index (χ0n) is 22.4. The molecule has 0 bridgehead atoms. The van der Waals surface area contributed by atoms with E-state index in [4.69, 9.17) is 23.2 Å². The number of nitrogens with zero attached hydrogens (tertiary/aromatic N) is 2. The molecule has 2 saturated heterocycles. The van der Waals surface area contributed by atoms with Crippen LogP contribution in [0.25, 0.3) is 0 Å². The largest absolute Gasteiger partial charge is 0.330 e. The molecule has 2 aliphatic rings. The Balaban J connectivity index is 1.61. The zero-order valence-corrected chi connectivity index (χ0v) is 24.7. The summed E-state index contributed by atoms with van der Waals surface area (Å²) in [5, 5.41) is 1.23. The van der Waals surface area contributed by atoms with E-state index in [-0.39, 0.29) is 29.5 Å². The van der Waals surface area contributed by atoms with Gasteiger partial charge in [0.2, 0.25) is 11.5 Å². The molecule has 7 nitrogen and oxygen atoms in total. The summed E-state index contributed by atoms with van der Waals surface area (Å²) in [5.41, 5.74) is 2.49. The highest BCUT2D eigenvalue weighted by atomic mass is 35.5. The number of nitrogens with one attached hydrogen (secondary N) is 1. The molecule has 0 saturated carbocycles. The van der Waals surface area contributed by atoms with E-state index in [1.165, 1.54) is 6.07 Å². The number of hydrogen-bond acceptors (Lipinski definition) is 5. The Hall–Kier alpha value is -2.33. The number of pyridine rings is 1. The van der Waals surface area contributed by atoms with Gasteiger partial charge in [0.25, 0.3) is 0 Å². The molecule has 3 aromatic rings. The zero-order chi connectivity index (χ0) is 28.4. The van der Waals surface area contributed by atoms with Crippen LogP contribution in [-0.2, 0) is 11.2 Å². The number of aromatic amines is 1. The van der Waals surface area contributed by atoms with E-state index in [0.29, 0.717) is 60.3 Å². The number of likely N-dealkylation sites (tertiary alicyclic amines) is 1.